The molecule has 0 radical (unpaired) electrons. The number of aromatic amines is 1. The molecule has 1 saturated heterocycles. The number of Topliss-reactive ketones (excluding diaryl/α,β-unsaturated/α-hetero) is 2. The second-order valence-corrected chi connectivity index (χ2v) is 16.9. The Balaban J connectivity index is 1.70. The van der Waals surface area contributed by atoms with Crippen LogP contribution in [0.5, 0.6) is 5.75 Å². The van der Waals surface area contributed by atoms with Crippen molar-refractivity contribution in [2.24, 2.45) is 29.4 Å². The summed E-state index contributed by atoms with van der Waals surface area (Å²) in [5.41, 5.74) is 6.77. The summed E-state index contributed by atoms with van der Waals surface area (Å²) >= 11 is 0. The van der Waals surface area contributed by atoms with Gasteiger partial charge in [0.25, 0.3) is 0 Å². The number of aliphatic hydroxyl groups is 3. The van der Waals surface area contributed by atoms with Crippen molar-refractivity contribution in [3.05, 3.63) is 29.5 Å². The van der Waals surface area contributed by atoms with Crippen LogP contribution in [0.3, 0.4) is 0 Å². The average Bonchev–Trinajstić information content (AvgIpc) is 3.80. The van der Waals surface area contributed by atoms with Crippen molar-refractivity contribution in [3.8, 4) is 5.75 Å². The number of aryl methyl sites for hydroxylation is 1. The van der Waals surface area contributed by atoms with Gasteiger partial charge >= 0.3 is 0 Å². The van der Waals surface area contributed by atoms with Crippen molar-refractivity contribution < 1.29 is 63.6 Å². The molecule has 5 rings (SSSR count). The van der Waals surface area contributed by atoms with Gasteiger partial charge in [-0.2, -0.15) is 0 Å². The van der Waals surface area contributed by atoms with Crippen LogP contribution < -0.4 is 32.3 Å². The van der Waals surface area contributed by atoms with Crippen LogP contribution in [0, 0.1) is 23.7 Å². The van der Waals surface area contributed by atoms with Gasteiger partial charge in [0.05, 0.1) is 49.9 Å². The Morgan fingerprint density at radius 1 is 0.889 bits per heavy atom. The molecule has 344 valence electrons. The number of aliphatic hydroxyl groups excluding tert-OH is 3. The molecule has 0 spiro atoms. The zero-order valence-electron chi connectivity index (χ0n) is 35.5. The van der Waals surface area contributed by atoms with E-state index >= 15 is 0 Å². The second-order valence-electron chi connectivity index (χ2n) is 16.9. The standard InChI is InChI=1S/C42H58N8O13/c1-4-19(2)38-41(62)45-15-36(58)47-28-8-7-27-26(24-6-5-22(52)11-29(24)46-27)13-30(40(61)44-16-37(59)49-38)48-39(60)25(20(3)34(56)18-51)14-33(55)31-12-23(53)17-50(31)42(63)21(9-32(28)54)10-35(43)57/h5-6,11,19-21,23,25,28,30-31,34,38,46,51-53,56H,4,7-10,12-18H2,1-3H3,(H2,43,57)(H,44,61)(H,45,62)(H,47,58)(H,48,60)(H,49,59)/t19-,20+,21-,23+,25-,28-,30+,31+,34-,38-/m0/s1. The van der Waals surface area contributed by atoms with Gasteiger partial charge in [-0.25, -0.2) is 0 Å². The van der Waals surface area contributed by atoms with E-state index in [0.717, 1.165) is 4.90 Å². The van der Waals surface area contributed by atoms with E-state index in [1.807, 2.05) is 0 Å². The van der Waals surface area contributed by atoms with E-state index in [1.165, 1.54) is 19.1 Å². The Morgan fingerprint density at radius 2 is 1.57 bits per heavy atom. The summed E-state index contributed by atoms with van der Waals surface area (Å²) in [6, 6.07) is -1.03. The molecule has 1 aromatic heterocycles. The molecule has 7 amide bonds. The van der Waals surface area contributed by atoms with Gasteiger partial charge in [-0.15, -0.1) is 0 Å². The molecule has 63 heavy (non-hydrogen) atoms. The first kappa shape index (κ1) is 48.1. The molecule has 10 atom stereocenters. The van der Waals surface area contributed by atoms with Crippen molar-refractivity contribution in [2.45, 2.75) is 109 Å². The van der Waals surface area contributed by atoms with Gasteiger partial charge in [-0.1, -0.05) is 27.2 Å². The molecular formula is C42H58N8O13. The van der Waals surface area contributed by atoms with E-state index in [9.17, 15) is 63.6 Å². The molecule has 12 N–H and O–H groups in total. The van der Waals surface area contributed by atoms with Crippen molar-refractivity contribution in [1.29, 1.82) is 0 Å². The van der Waals surface area contributed by atoms with Crippen LogP contribution in [-0.4, -0.2) is 146 Å². The number of ketones is 2. The highest BCUT2D eigenvalue weighted by molar-refractivity contribution is 5.99. The molecule has 2 bridgehead atoms. The van der Waals surface area contributed by atoms with Crippen LogP contribution in [0.25, 0.3) is 10.9 Å². The number of rotatable bonds is 7. The smallest absolute Gasteiger partial charge is 0.243 e. The van der Waals surface area contributed by atoms with E-state index in [0.29, 0.717) is 28.6 Å². The highest BCUT2D eigenvalue weighted by Crippen LogP contribution is 2.31. The summed E-state index contributed by atoms with van der Waals surface area (Å²) in [4.78, 5) is 128. The number of nitrogens with two attached hydrogens (primary N) is 1. The van der Waals surface area contributed by atoms with Crippen molar-refractivity contribution >= 4 is 63.8 Å². The Hall–Kier alpha value is -5.93. The Bertz CT molecular complexity index is 2110. The fourth-order valence-corrected chi connectivity index (χ4v) is 8.56. The third-order valence-corrected chi connectivity index (χ3v) is 12.4. The summed E-state index contributed by atoms with van der Waals surface area (Å²) in [7, 11) is 0. The minimum atomic E-state index is -1.54. The van der Waals surface area contributed by atoms with E-state index < -0.39 is 152 Å². The number of nitrogens with zero attached hydrogens (tertiary/aromatic N) is 1. The zero-order chi connectivity index (χ0) is 46.3. The maximum Gasteiger partial charge on any atom is 0.243 e. The monoisotopic (exact) mass is 882 g/mol. The SMILES string of the molecule is CC[C@H](C)[C@@H]1NC(=O)CNC(=O)[C@H]2Cc3c([nH]c4cc(O)ccc34)CC[C@H](NC(=O)CNC1=O)C(=O)C[C@@H](CC(N)=O)C(=O)N1C[C@H](O)C[C@@H]1C(=O)C[C@@H]([C@@H](C)[C@@H](O)CO)C(=O)N2. The van der Waals surface area contributed by atoms with Gasteiger partial charge in [-0.3, -0.25) is 43.2 Å². The third-order valence-electron chi connectivity index (χ3n) is 12.4. The molecule has 1 aromatic carbocycles. The van der Waals surface area contributed by atoms with Crippen LogP contribution >= 0.6 is 0 Å². The summed E-state index contributed by atoms with van der Waals surface area (Å²) < 4.78 is 0. The van der Waals surface area contributed by atoms with Gasteiger partial charge in [0.1, 0.15) is 17.8 Å². The topological polar surface area (TPSA) is 340 Å². The zero-order valence-corrected chi connectivity index (χ0v) is 35.5. The normalized spacial score (nSPS) is 27.8. The number of nitrogens with one attached hydrogen (secondary N) is 6. The van der Waals surface area contributed by atoms with E-state index in [1.54, 1.807) is 19.9 Å². The predicted octanol–water partition coefficient (Wildman–Crippen LogP) is -2.91. The van der Waals surface area contributed by atoms with Gasteiger partial charge in [0.2, 0.25) is 41.4 Å². The lowest BCUT2D eigenvalue weighted by atomic mass is 9.82. The molecule has 0 saturated carbocycles. The van der Waals surface area contributed by atoms with E-state index in [2.05, 4.69) is 31.6 Å². The molecule has 1 fully saturated rings. The number of carbonyl (C=O) groups is 9. The Morgan fingerprint density at radius 3 is 2.24 bits per heavy atom. The van der Waals surface area contributed by atoms with Gasteiger partial charge < -0.3 is 62.6 Å². The number of amides is 7. The number of benzene rings is 1. The Labute approximate surface area is 362 Å². The number of hydrogen-bond acceptors (Lipinski definition) is 13. The van der Waals surface area contributed by atoms with Crippen LogP contribution in [0.1, 0.15) is 70.6 Å². The average molecular weight is 883 g/mol. The van der Waals surface area contributed by atoms with Crippen LogP contribution in [-0.2, 0) is 56.0 Å². The van der Waals surface area contributed by atoms with Crippen molar-refractivity contribution in [3.63, 3.8) is 0 Å². The summed E-state index contributed by atoms with van der Waals surface area (Å²) in [6.45, 7) is 2.39. The first-order valence-corrected chi connectivity index (χ1v) is 21.2. The van der Waals surface area contributed by atoms with Gasteiger partial charge in [-0.05, 0) is 42.4 Å². The van der Waals surface area contributed by atoms with Crippen LogP contribution in [0.4, 0.5) is 0 Å². The second kappa shape index (κ2) is 21.0. The molecular weight excluding hydrogens is 825 g/mol. The first-order valence-electron chi connectivity index (χ1n) is 21.2. The summed E-state index contributed by atoms with van der Waals surface area (Å²) in [5, 5.41) is 55.2. The highest BCUT2D eigenvalue weighted by Gasteiger charge is 2.45. The van der Waals surface area contributed by atoms with Crippen molar-refractivity contribution in [1.82, 2.24) is 36.5 Å². The minimum absolute atomic E-state index is 0.0275. The number of phenolic OH excluding ortho intramolecular Hbond substituents is 1. The maximum absolute atomic E-state index is 14.5. The number of primary amides is 1. The number of aromatic hydroxyl groups is 1. The van der Waals surface area contributed by atoms with E-state index in [4.69, 9.17) is 5.73 Å². The summed E-state index contributed by atoms with van der Waals surface area (Å²) in [6.07, 6.45) is -5.05. The lowest BCUT2D eigenvalue weighted by Crippen LogP contribution is -2.56. The molecule has 4 heterocycles. The molecule has 0 unspecified atom stereocenters. The Kier molecular flexibility index (Phi) is 16.0. The number of fused-ring (bicyclic) bond motifs is 5. The first-order chi connectivity index (χ1) is 29.8. The molecule has 21 nitrogen and oxygen atoms in total. The van der Waals surface area contributed by atoms with Crippen LogP contribution in [0.15, 0.2) is 18.2 Å². The van der Waals surface area contributed by atoms with Gasteiger partial charge in [0.15, 0.2) is 11.6 Å². The lowest BCUT2D eigenvalue weighted by Gasteiger charge is -2.31. The highest BCUT2D eigenvalue weighted by atomic mass is 16.3. The lowest BCUT2D eigenvalue weighted by molar-refractivity contribution is -0.145. The number of H-pyrrole nitrogens is 1. The molecule has 2 aromatic rings. The molecule has 3 aliphatic heterocycles. The van der Waals surface area contributed by atoms with E-state index in [-0.39, 0.29) is 38.0 Å². The largest absolute Gasteiger partial charge is 0.508 e. The quantitative estimate of drug-likeness (QED) is 0.133. The van der Waals surface area contributed by atoms with Crippen LogP contribution in [0.2, 0.25) is 0 Å². The number of hydrogen-bond donors (Lipinski definition) is 11. The van der Waals surface area contributed by atoms with Gasteiger partial charge in [0, 0.05) is 67.2 Å². The van der Waals surface area contributed by atoms with Crippen molar-refractivity contribution in [2.75, 3.05) is 26.2 Å². The fraction of sp³-hybridized carbons (Fsp3) is 0.595. The molecule has 0 aliphatic carbocycles. The third kappa shape index (κ3) is 11.8. The fourth-order valence-electron chi connectivity index (χ4n) is 8.56. The number of phenols is 1. The molecule has 21 heteroatoms. The minimum Gasteiger partial charge on any atom is -0.508 e. The number of carbonyl (C=O) groups excluding carboxylic acids is 9. The maximum atomic E-state index is 14.5. The number of aromatic nitrogens is 1. The summed E-state index contributed by atoms with van der Waals surface area (Å²) in [5.74, 6) is -12.0. The predicted molar refractivity (Wildman–Crippen MR) is 222 cm³/mol. The molecule has 3 aliphatic rings.